The molecule has 0 saturated heterocycles. The molecule has 7 nitrogen and oxygen atoms in total. The third-order valence-electron chi connectivity index (χ3n) is 4.51. The Labute approximate surface area is 161 Å². The molecule has 1 N–H and O–H groups in total. The third-order valence-corrected chi connectivity index (χ3v) is 4.51. The molecule has 0 unspecified atom stereocenters. The van der Waals surface area contributed by atoms with Crippen LogP contribution in [0, 0.1) is 6.92 Å². The van der Waals surface area contributed by atoms with Gasteiger partial charge in [-0.2, -0.15) is 5.10 Å². The summed E-state index contributed by atoms with van der Waals surface area (Å²) in [5.74, 6) is 0.191. The first-order valence-corrected chi connectivity index (χ1v) is 8.74. The number of Topliss-reactive ketones (excluding diaryl/α,β-unsaturated/α-hetero) is 1. The number of rotatable bonds is 4. The van der Waals surface area contributed by atoms with E-state index in [-0.39, 0.29) is 11.7 Å². The molecule has 4 rings (SSSR count). The van der Waals surface area contributed by atoms with Gasteiger partial charge >= 0.3 is 0 Å². The second-order valence-electron chi connectivity index (χ2n) is 6.53. The molecule has 1 aromatic carbocycles. The van der Waals surface area contributed by atoms with Gasteiger partial charge in [0, 0.05) is 18.3 Å². The lowest BCUT2D eigenvalue weighted by Gasteiger charge is -2.09. The Morgan fingerprint density at radius 2 is 1.96 bits per heavy atom. The zero-order chi connectivity index (χ0) is 19.8. The van der Waals surface area contributed by atoms with Crippen LogP contribution >= 0.6 is 0 Å². The Bertz CT molecular complexity index is 1210. The maximum Gasteiger partial charge on any atom is 0.256 e. The lowest BCUT2D eigenvalue weighted by Crippen LogP contribution is -2.13. The molecular weight excluding hydrogens is 356 g/mol. The van der Waals surface area contributed by atoms with Gasteiger partial charge in [0.15, 0.2) is 17.2 Å². The number of aromatic nitrogens is 3. The van der Waals surface area contributed by atoms with Crippen molar-refractivity contribution in [2.75, 3.05) is 5.32 Å². The number of aryl methyl sites for hydroxylation is 2. The number of nitrogens with one attached hydrogen (secondary N) is 1. The van der Waals surface area contributed by atoms with Gasteiger partial charge in [-0.1, -0.05) is 12.1 Å². The van der Waals surface area contributed by atoms with E-state index in [4.69, 9.17) is 4.42 Å². The molecule has 3 aromatic heterocycles. The lowest BCUT2D eigenvalue weighted by atomic mass is 10.1. The fourth-order valence-corrected chi connectivity index (χ4v) is 3.19. The van der Waals surface area contributed by atoms with E-state index in [9.17, 15) is 9.59 Å². The van der Waals surface area contributed by atoms with Crippen LogP contribution in [0.5, 0.6) is 0 Å². The predicted molar refractivity (Wildman–Crippen MR) is 105 cm³/mol. The molecule has 0 atom stereocenters. The number of hydrogen-bond acceptors (Lipinski definition) is 5. The van der Waals surface area contributed by atoms with Gasteiger partial charge < -0.3 is 9.73 Å². The number of fused-ring (bicyclic) bond motifs is 1. The van der Waals surface area contributed by atoms with E-state index in [2.05, 4.69) is 15.4 Å². The molecule has 0 aliphatic rings. The van der Waals surface area contributed by atoms with Crippen LogP contribution in [0.15, 0.2) is 53.1 Å². The molecule has 3 heterocycles. The van der Waals surface area contributed by atoms with Gasteiger partial charge in [0.05, 0.1) is 22.9 Å². The third kappa shape index (κ3) is 3.07. The maximum atomic E-state index is 13.1. The number of benzene rings is 1. The Kier molecular flexibility index (Phi) is 4.27. The summed E-state index contributed by atoms with van der Waals surface area (Å²) < 4.78 is 7.09. The van der Waals surface area contributed by atoms with Crippen molar-refractivity contribution in [1.82, 2.24) is 14.8 Å². The first kappa shape index (κ1) is 17.7. The molecule has 28 heavy (non-hydrogen) atoms. The van der Waals surface area contributed by atoms with Crippen molar-refractivity contribution in [2.24, 2.45) is 7.05 Å². The number of ketones is 1. The Balaban J connectivity index is 1.81. The predicted octanol–water partition coefficient (Wildman–Crippen LogP) is 3.99. The van der Waals surface area contributed by atoms with Gasteiger partial charge in [-0.15, -0.1) is 0 Å². The minimum Gasteiger partial charge on any atom is -0.463 e. The van der Waals surface area contributed by atoms with Gasteiger partial charge in [0.1, 0.15) is 5.69 Å². The van der Waals surface area contributed by atoms with E-state index >= 15 is 0 Å². The molecule has 0 aliphatic heterocycles. The molecule has 0 radical (unpaired) electrons. The SMILES string of the molecule is CC(=O)c1cccc(NC(=O)c2cc(-c3ccco3)nc3c2c(C)nn3C)c1. The van der Waals surface area contributed by atoms with Crippen molar-refractivity contribution in [3.63, 3.8) is 0 Å². The maximum absolute atomic E-state index is 13.1. The minimum atomic E-state index is -0.308. The van der Waals surface area contributed by atoms with E-state index in [0.29, 0.717) is 45.0 Å². The number of carbonyl (C=O) groups excluding carboxylic acids is 2. The Morgan fingerprint density at radius 1 is 1.14 bits per heavy atom. The Hall–Kier alpha value is -3.74. The lowest BCUT2D eigenvalue weighted by molar-refractivity contribution is 0.101. The second kappa shape index (κ2) is 6.77. The van der Waals surface area contributed by atoms with Crippen LogP contribution in [0.4, 0.5) is 5.69 Å². The number of amides is 1. The van der Waals surface area contributed by atoms with Crippen LogP contribution in [-0.2, 0) is 7.05 Å². The summed E-state index contributed by atoms with van der Waals surface area (Å²) in [6.45, 7) is 3.33. The summed E-state index contributed by atoms with van der Waals surface area (Å²) in [6.07, 6.45) is 1.56. The highest BCUT2D eigenvalue weighted by atomic mass is 16.3. The van der Waals surface area contributed by atoms with Crippen molar-refractivity contribution in [3.05, 3.63) is 65.5 Å². The topological polar surface area (TPSA) is 90.0 Å². The van der Waals surface area contributed by atoms with E-state index in [0.717, 1.165) is 0 Å². The number of carbonyl (C=O) groups is 2. The summed E-state index contributed by atoms with van der Waals surface area (Å²) in [7, 11) is 1.78. The largest absolute Gasteiger partial charge is 0.463 e. The first-order chi connectivity index (χ1) is 13.4. The van der Waals surface area contributed by atoms with Gasteiger partial charge in [0.2, 0.25) is 0 Å². The molecule has 7 heteroatoms. The van der Waals surface area contributed by atoms with Crippen LogP contribution in [0.3, 0.4) is 0 Å². The fraction of sp³-hybridized carbons (Fsp3) is 0.143. The highest BCUT2D eigenvalue weighted by Crippen LogP contribution is 2.27. The summed E-state index contributed by atoms with van der Waals surface area (Å²) in [5, 5.41) is 7.95. The van der Waals surface area contributed by atoms with Gasteiger partial charge in [-0.3, -0.25) is 14.3 Å². The molecule has 0 spiro atoms. The Morgan fingerprint density at radius 3 is 2.68 bits per heavy atom. The highest BCUT2D eigenvalue weighted by Gasteiger charge is 2.20. The average molecular weight is 374 g/mol. The van der Waals surface area contributed by atoms with Crippen LogP contribution in [0.2, 0.25) is 0 Å². The summed E-state index contributed by atoms with van der Waals surface area (Å²) >= 11 is 0. The fourth-order valence-electron chi connectivity index (χ4n) is 3.19. The van der Waals surface area contributed by atoms with Crippen molar-refractivity contribution in [2.45, 2.75) is 13.8 Å². The van der Waals surface area contributed by atoms with Gasteiger partial charge in [0.25, 0.3) is 5.91 Å². The zero-order valence-corrected chi connectivity index (χ0v) is 15.7. The van der Waals surface area contributed by atoms with Crippen molar-refractivity contribution in [3.8, 4) is 11.5 Å². The molecule has 0 aliphatic carbocycles. The molecule has 140 valence electrons. The number of hydrogen-bond donors (Lipinski definition) is 1. The highest BCUT2D eigenvalue weighted by molar-refractivity contribution is 6.13. The van der Waals surface area contributed by atoms with Gasteiger partial charge in [-0.25, -0.2) is 4.98 Å². The summed E-state index contributed by atoms with van der Waals surface area (Å²) in [5.41, 5.74) is 3.36. The van der Waals surface area contributed by atoms with Crippen LogP contribution in [0.25, 0.3) is 22.5 Å². The summed E-state index contributed by atoms with van der Waals surface area (Å²) in [4.78, 5) is 29.3. The molecule has 0 saturated carbocycles. The molecule has 1 amide bonds. The number of furan rings is 1. The van der Waals surface area contributed by atoms with Gasteiger partial charge in [-0.05, 0) is 44.2 Å². The molecular formula is C21H18N4O3. The molecule has 0 fully saturated rings. The van der Waals surface area contributed by atoms with Crippen molar-refractivity contribution in [1.29, 1.82) is 0 Å². The quantitative estimate of drug-likeness (QED) is 0.546. The smallest absolute Gasteiger partial charge is 0.256 e. The number of anilines is 1. The average Bonchev–Trinajstić information content (AvgIpc) is 3.30. The van der Waals surface area contributed by atoms with Crippen molar-refractivity contribution >= 4 is 28.4 Å². The zero-order valence-electron chi connectivity index (χ0n) is 15.7. The van der Waals surface area contributed by atoms with Crippen LogP contribution in [0.1, 0.15) is 33.3 Å². The van der Waals surface area contributed by atoms with E-state index in [1.54, 1.807) is 60.5 Å². The van der Waals surface area contributed by atoms with E-state index < -0.39 is 0 Å². The second-order valence-corrected chi connectivity index (χ2v) is 6.53. The number of pyridine rings is 1. The molecule has 4 aromatic rings. The van der Waals surface area contributed by atoms with Crippen molar-refractivity contribution < 1.29 is 14.0 Å². The van der Waals surface area contributed by atoms with E-state index in [1.807, 2.05) is 6.92 Å². The summed E-state index contributed by atoms with van der Waals surface area (Å²) in [6, 6.07) is 12.1. The van der Waals surface area contributed by atoms with Crippen LogP contribution in [-0.4, -0.2) is 26.5 Å². The monoisotopic (exact) mass is 374 g/mol. The van der Waals surface area contributed by atoms with E-state index in [1.165, 1.54) is 6.92 Å². The minimum absolute atomic E-state index is 0.0643. The standard InChI is InChI=1S/C21H18N4O3/c1-12-19-16(21(27)22-15-7-4-6-14(10-15)13(2)26)11-17(18-8-5-9-28-18)23-20(19)25(3)24-12/h4-11H,1-3H3,(H,22,27). The van der Waals surface area contributed by atoms with Crippen LogP contribution < -0.4 is 5.32 Å². The first-order valence-electron chi connectivity index (χ1n) is 8.74. The number of nitrogens with zero attached hydrogens (tertiary/aromatic N) is 3. The normalized spacial score (nSPS) is 11.0. The molecule has 0 bridgehead atoms.